The number of anilines is 2. The fourth-order valence-electron chi connectivity index (χ4n) is 4.39. The lowest BCUT2D eigenvalue weighted by atomic mass is 9.96. The Balaban J connectivity index is 1.39. The third-order valence-corrected chi connectivity index (χ3v) is 6.35. The van der Waals surface area contributed by atoms with Crippen molar-refractivity contribution >= 4 is 11.4 Å². The molecule has 0 aliphatic heterocycles. The zero-order chi connectivity index (χ0) is 27.5. The van der Waals surface area contributed by atoms with Crippen molar-refractivity contribution in [2.45, 2.75) is 26.9 Å². The molecular weight excluding hydrogens is 505 g/mol. The van der Waals surface area contributed by atoms with E-state index in [2.05, 4.69) is 10.6 Å². The van der Waals surface area contributed by atoms with Gasteiger partial charge in [-0.15, -0.1) is 0 Å². The molecule has 0 radical (unpaired) electrons. The van der Waals surface area contributed by atoms with Gasteiger partial charge in [-0.05, 0) is 73.5 Å². The fourth-order valence-corrected chi connectivity index (χ4v) is 4.39. The molecule has 0 bridgehead atoms. The van der Waals surface area contributed by atoms with E-state index in [1.54, 1.807) is 36.4 Å². The van der Waals surface area contributed by atoms with E-state index in [1.165, 1.54) is 19.2 Å². The lowest BCUT2D eigenvalue weighted by Gasteiger charge is -2.16. The van der Waals surface area contributed by atoms with Crippen LogP contribution in [0.25, 0.3) is 22.3 Å². The van der Waals surface area contributed by atoms with Crippen LogP contribution in [0.3, 0.4) is 0 Å². The van der Waals surface area contributed by atoms with Crippen LogP contribution in [0.1, 0.15) is 23.0 Å². The first-order valence-corrected chi connectivity index (χ1v) is 12.4. The van der Waals surface area contributed by atoms with Gasteiger partial charge >= 0.3 is 0 Å². The van der Waals surface area contributed by atoms with Gasteiger partial charge in [-0.25, -0.2) is 13.2 Å². The molecule has 8 heteroatoms. The maximum Gasteiger partial charge on any atom is 0.176 e. The van der Waals surface area contributed by atoms with Crippen molar-refractivity contribution in [3.05, 3.63) is 113 Å². The summed E-state index contributed by atoms with van der Waals surface area (Å²) in [4.78, 5) is 0. The van der Waals surface area contributed by atoms with Gasteiger partial charge in [0.1, 0.15) is 23.0 Å². The highest BCUT2D eigenvalue weighted by Gasteiger charge is 2.27. The van der Waals surface area contributed by atoms with Crippen molar-refractivity contribution in [3.8, 4) is 28.0 Å². The van der Waals surface area contributed by atoms with Gasteiger partial charge in [0.25, 0.3) is 0 Å². The van der Waals surface area contributed by atoms with E-state index in [4.69, 9.17) is 13.6 Å². The van der Waals surface area contributed by atoms with Crippen LogP contribution in [0.5, 0.6) is 5.75 Å². The smallest absolute Gasteiger partial charge is 0.176 e. The molecule has 0 fully saturated rings. The summed E-state index contributed by atoms with van der Waals surface area (Å²) >= 11 is 0. The van der Waals surface area contributed by atoms with Gasteiger partial charge in [0.05, 0.1) is 31.3 Å². The number of hydrogen-bond donors (Lipinski definition) is 2. The molecule has 2 aromatic heterocycles. The standard InChI is InChI=1S/C31H27F3N2O3/c1-18-4-14-24(38-18)16-35-22-10-6-20(7-11-22)26-28(32)29(33)27(31(37-3)30(26)34)21-8-12-23(13-9-21)36-17-25-15-5-19(2)39-25/h4-15,35-36H,16-17H2,1-3H3. The second-order valence-corrected chi connectivity index (χ2v) is 9.11. The Labute approximate surface area is 224 Å². The molecule has 5 rings (SSSR count). The maximum absolute atomic E-state index is 15.6. The number of furan rings is 2. The van der Waals surface area contributed by atoms with Crippen LogP contribution in [0.15, 0.2) is 81.6 Å². The number of hydrogen-bond acceptors (Lipinski definition) is 5. The van der Waals surface area contributed by atoms with Crippen LogP contribution in [-0.4, -0.2) is 7.11 Å². The van der Waals surface area contributed by atoms with Gasteiger partial charge in [-0.1, -0.05) is 24.3 Å². The highest BCUT2D eigenvalue weighted by molar-refractivity contribution is 5.79. The molecule has 2 N–H and O–H groups in total. The van der Waals surface area contributed by atoms with Gasteiger partial charge in [-0.3, -0.25) is 0 Å². The van der Waals surface area contributed by atoms with Crippen molar-refractivity contribution in [1.82, 2.24) is 0 Å². The molecule has 0 atom stereocenters. The molecule has 39 heavy (non-hydrogen) atoms. The Hall–Kier alpha value is -4.59. The zero-order valence-electron chi connectivity index (χ0n) is 21.7. The minimum Gasteiger partial charge on any atom is -0.493 e. The Morgan fingerprint density at radius 3 is 1.44 bits per heavy atom. The van der Waals surface area contributed by atoms with E-state index in [0.717, 1.165) is 28.7 Å². The lowest BCUT2D eigenvalue weighted by molar-refractivity contribution is 0.380. The van der Waals surface area contributed by atoms with E-state index < -0.39 is 23.0 Å². The molecule has 3 aromatic carbocycles. The summed E-state index contributed by atoms with van der Waals surface area (Å²) in [5.74, 6) is -0.686. The molecule has 0 aliphatic carbocycles. The maximum atomic E-state index is 15.6. The monoisotopic (exact) mass is 532 g/mol. The molecule has 2 heterocycles. The molecule has 0 spiro atoms. The van der Waals surface area contributed by atoms with Crippen molar-refractivity contribution in [1.29, 1.82) is 0 Å². The number of benzene rings is 3. The molecule has 5 nitrogen and oxygen atoms in total. The highest BCUT2D eigenvalue weighted by atomic mass is 19.2. The van der Waals surface area contributed by atoms with Crippen molar-refractivity contribution in [3.63, 3.8) is 0 Å². The second-order valence-electron chi connectivity index (χ2n) is 9.11. The first kappa shape index (κ1) is 26.0. The summed E-state index contributed by atoms with van der Waals surface area (Å²) in [5.41, 5.74) is 1.14. The van der Waals surface area contributed by atoms with Gasteiger partial charge in [0.15, 0.2) is 23.2 Å². The summed E-state index contributed by atoms with van der Waals surface area (Å²) in [6.07, 6.45) is 0. The summed E-state index contributed by atoms with van der Waals surface area (Å²) in [6, 6.07) is 20.4. The Morgan fingerprint density at radius 1 is 0.590 bits per heavy atom. The summed E-state index contributed by atoms with van der Waals surface area (Å²) in [6.45, 7) is 4.63. The Morgan fingerprint density at radius 2 is 1.03 bits per heavy atom. The number of nitrogens with one attached hydrogen (secondary N) is 2. The molecule has 0 aliphatic rings. The zero-order valence-corrected chi connectivity index (χ0v) is 21.7. The molecule has 0 saturated heterocycles. The Kier molecular flexibility index (Phi) is 7.36. The van der Waals surface area contributed by atoms with Crippen LogP contribution in [-0.2, 0) is 13.1 Å². The number of halogens is 3. The topological polar surface area (TPSA) is 59.6 Å². The van der Waals surface area contributed by atoms with E-state index >= 15 is 13.2 Å². The molecule has 0 unspecified atom stereocenters. The van der Waals surface area contributed by atoms with E-state index in [1.807, 2.05) is 38.1 Å². The van der Waals surface area contributed by atoms with Gasteiger partial charge in [0, 0.05) is 11.4 Å². The second kappa shape index (κ2) is 11.0. The average Bonchev–Trinajstić information content (AvgIpc) is 3.56. The third-order valence-electron chi connectivity index (χ3n) is 6.35. The highest BCUT2D eigenvalue weighted by Crippen LogP contribution is 2.42. The van der Waals surface area contributed by atoms with E-state index in [9.17, 15) is 0 Å². The number of methoxy groups -OCH3 is 1. The van der Waals surface area contributed by atoms with Crippen LogP contribution in [0, 0.1) is 31.3 Å². The van der Waals surface area contributed by atoms with Crippen molar-refractivity contribution in [2.75, 3.05) is 17.7 Å². The number of rotatable bonds is 9. The fraction of sp³-hybridized carbons (Fsp3) is 0.161. The largest absolute Gasteiger partial charge is 0.493 e. The first-order valence-electron chi connectivity index (χ1n) is 12.4. The number of ether oxygens (including phenoxy) is 1. The van der Waals surface area contributed by atoms with Gasteiger partial charge in [-0.2, -0.15) is 0 Å². The molecule has 200 valence electrons. The molecule has 0 saturated carbocycles. The van der Waals surface area contributed by atoms with E-state index in [-0.39, 0.29) is 22.4 Å². The Bertz CT molecular complexity index is 1590. The number of aryl methyl sites for hydroxylation is 2. The molecule has 0 amide bonds. The molecular formula is C31H27F3N2O3. The third kappa shape index (κ3) is 5.50. The van der Waals surface area contributed by atoms with Crippen LogP contribution < -0.4 is 15.4 Å². The predicted octanol–water partition coefficient (Wildman–Crippen LogP) is 8.47. The lowest BCUT2D eigenvalue weighted by Crippen LogP contribution is -2.04. The summed E-state index contributed by atoms with van der Waals surface area (Å²) in [7, 11) is 1.23. The summed E-state index contributed by atoms with van der Waals surface area (Å²) < 4.78 is 62.7. The van der Waals surface area contributed by atoms with E-state index in [0.29, 0.717) is 18.8 Å². The normalized spacial score (nSPS) is 11.0. The molecule has 5 aromatic rings. The van der Waals surface area contributed by atoms with Gasteiger partial charge < -0.3 is 24.2 Å². The van der Waals surface area contributed by atoms with Crippen molar-refractivity contribution in [2.24, 2.45) is 0 Å². The SMILES string of the molecule is COc1c(F)c(-c2ccc(NCc3ccc(C)o3)cc2)c(F)c(F)c1-c1ccc(NCc2ccc(C)o2)cc1. The first-order chi connectivity index (χ1) is 18.8. The van der Waals surface area contributed by atoms with Crippen LogP contribution >= 0.6 is 0 Å². The van der Waals surface area contributed by atoms with Crippen LogP contribution in [0.4, 0.5) is 24.5 Å². The predicted molar refractivity (Wildman–Crippen MR) is 145 cm³/mol. The minimum atomic E-state index is -1.29. The van der Waals surface area contributed by atoms with Crippen molar-refractivity contribution < 1.29 is 26.7 Å². The van der Waals surface area contributed by atoms with Crippen LogP contribution in [0.2, 0.25) is 0 Å². The van der Waals surface area contributed by atoms with Gasteiger partial charge in [0.2, 0.25) is 0 Å². The minimum absolute atomic E-state index is 0.181. The quantitative estimate of drug-likeness (QED) is 0.187. The average molecular weight is 533 g/mol. The summed E-state index contributed by atoms with van der Waals surface area (Å²) in [5, 5.41) is 6.38.